The van der Waals surface area contributed by atoms with E-state index in [1.807, 2.05) is 62.4 Å². The number of hydrogen-bond donors (Lipinski definition) is 1. The van der Waals surface area contributed by atoms with Gasteiger partial charge in [0.25, 0.3) is 5.91 Å². The molecule has 1 atom stereocenters. The molecule has 0 bridgehead atoms. The van der Waals surface area contributed by atoms with Crippen LogP contribution >= 0.6 is 0 Å². The fraction of sp³-hybridized carbons (Fsp3) is 0.235. The average Bonchev–Trinajstić information content (AvgIpc) is 2.46. The molecule has 0 fully saturated rings. The van der Waals surface area contributed by atoms with E-state index in [-0.39, 0.29) is 5.91 Å². The summed E-state index contributed by atoms with van der Waals surface area (Å²) in [5, 5.41) is 2.94. The van der Waals surface area contributed by atoms with Crippen LogP contribution < -0.4 is 5.32 Å². The van der Waals surface area contributed by atoms with Crippen molar-refractivity contribution in [2.45, 2.75) is 20.0 Å². The maximum atomic E-state index is 12.4. The summed E-state index contributed by atoms with van der Waals surface area (Å²) in [7, 11) is 1.54. The summed E-state index contributed by atoms with van der Waals surface area (Å²) in [6.07, 6.45) is -0.601. The van der Waals surface area contributed by atoms with Crippen LogP contribution in [0.4, 0.5) is 5.69 Å². The predicted molar refractivity (Wildman–Crippen MR) is 80.7 cm³/mol. The first-order chi connectivity index (χ1) is 9.63. The van der Waals surface area contributed by atoms with Gasteiger partial charge in [0, 0.05) is 12.8 Å². The zero-order valence-corrected chi connectivity index (χ0v) is 12.0. The number of methoxy groups -OCH3 is 1. The predicted octanol–water partition coefficient (Wildman–Crippen LogP) is 3.63. The molecule has 2 rings (SSSR count). The van der Waals surface area contributed by atoms with Gasteiger partial charge in [-0.1, -0.05) is 42.5 Å². The Kier molecular flexibility index (Phi) is 4.53. The third-order valence-corrected chi connectivity index (χ3v) is 3.44. The second kappa shape index (κ2) is 6.35. The topological polar surface area (TPSA) is 38.3 Å². The van der Waals surface area contributed by atoms with Crippen molar-refractivity contribution in [1.29, 1.82) is 0 Å². The van der Waals surface area contributed by atoms with Gasteiger partial charge in [-0.05, 0) is 36.6 Å². The van der Waals surface area contributed by atoms with E-state index in [2.05, 4.69) is 5.32 Å². The zero-order chi connectivity index (χ0) is 14.5. The lowest BCUT2D eigenvalue weighted by atomic mass is 10.1. The Hall–Kier alpha value is -2.13. The second-order valence-corrected chi connectivity index (χ2v) is 4.76. The summed E-state index contributed by atoms with van der Waals surface area (Å²) in [5.41, 5.74) is 3.89. The molecule has 0 aromatic heterocycles. The molecule has 0 saturated carbocycles. The van der Waals surface area contributed by atoms with Crippen LogP contribution in [0.15, 0.2) is 48.5 Å². The Morgan fingerprint density at radius 2 is 1.75 bits per heavy atom. The van der Waals surface area contributed by atoms with Crippen molar-refractivity contribution >= 4 is 11.6 Å². The van der Waals surface area contributed by atoms with Crippen molar-refractivity contribution in [3.05, 3.63) is 65.2 Å². The number of ether oxygens (including phenoxy) is 1. The molecule has 104 valence electrons. The molecule has 0 spiro atoms. The number of anilines is 1. The van der Waals surface area contributed by atoms with Crippen LogP contribution in [0.2, 0.25) is 0 Å². The summed E-state index contributed by atoms with van der Waals surface area (Å²) in [6.45, 7) is 4.02. The fourth-order valence-electron chi connectivity index (χ4n) is 2.11. The van der Waals surface area contributed by atoms with Crippen molar-refractivity contribution < 1.29 is 9.53 Å². The molecule has 3 nitrogen and oxygen atoms in total. The Bertz CT molecular complexity index is 593. The van der Waals surface area contributed by atoms with Crippen LogP contribution in [0, 0.1) is 13.8 Å². The van der Waals surface area contributed by atoms with E-state index in [4.69, 9.17) is 4.74 Å². The highest BCUT2D eigenvalue weighted by Gasteiger charge is 2.20. The van der Waals surface area contributed by atoms with Gasteiger partial charge in [-0.2, -0.15) is 0 Å². The molecule has 3 heteroatoms. The fourth-order valence-corrected chi connectivity index (χ4v) is 2.11. The van der Waals surface area contributed by atoms with Crippen LogP contribution in [-0.2, 0) is 9.53 Å². The number of carbonyl (C=O) groups is 1. The lowest BCUT2D eigenvalue weighted by Gasteiger charge is -2.17. The number of benzene rings is 2. The first-order valence-electron chi connectivity index (χ1n) is 6.58. The van der Waals surface area contributed by atoms with Crippen molar-refractivity contribution in [3.63, 3.8) is 0 Å². The highest BCUT2D eigenvalue weighted by atomic mass is 16.5. The monoisotopic (exact) mass is 269 g/mol. The van der Waals surface area contributed by atoms with Crippen LogP contribution in [-0.4, -0.2) is 13.0 Å². The maximum Gasteiger partial charge on any atom is 0.258 e. The minimum atomic E-state index is -0.601. The minimum absolute atomic E-state index is 0.160. The SMILES string of the molecule is CO[C@@H](C(=O)Nc1cccc(C)c1C)c1ccccc1. The van der Waals surface area contributed by atoms with Gasteiger partial charge in [0.2, 0.25) is 0 Å². The van der Waals surface area contributed by atoms with Gasteiger partial charge in [0.15, 0.2) is 6.10 Å². The molecule has 0 unspecified atom stereocenters. The molecule has 0 radical (unpaired) electrons. The second-order valence-electron chi connectivity index (χ2n) is 4.76. The van der Waals surface area contributed by atoms with Gasteiger partial charge < -0.3 is 10.1 Å². The molecular weight excluding hydrogens is 250 g/mol. The van der Waals surface area contributed by atoms with Gasteiger partial charge in [0.05, 0.1) is 0 Å². The number of amides is 1. The summed E-state index contributed by atoms with van der Waals surface area (Å²) in [5.74, 6) is -0.160. The molecule has 1 N–H and O–H groups in total. The Balaban J connectivity index is 2.20. The molecule has 2 aromatic carbocycles. The number of nitrogens with one attached hydrogen (secondary N) is 1. The first kappa shape index (κ1) is 14.3. The third kappa shape index (κ3) is 3.06. The van der Waals surface area contributed by atoms with E-state index in [1.54, 1.807) is 7.11 Å². The van der Waals surface area contributed by atoms with Gasteiger partial charge in [-0.25, -0.2) is 0 Å². The maximum absolute atomic E-state index is 12.4. The number of carbonyl (C=O) groups excluding carboxylic acids is 1. The Labute approximate surface area is 119 Å². The van der Waals surface area contributed by atoms with Crippen LogP contribution in [0.5, 0.6) is 0 Å². The number of aryl methyl sites for hydroxylation is 1. The lowest BCUT2D eigenvalue weighted by Crippen LogP contribution is -2.23. The molecule has 0 saturated heterocycles. The van der Waals surface area contributed by atoms with E-state index in [1.165, 1.54) is 0 Å². The summed E-state index contributed by atoms with van der Waals surface area (Å²) < 4.78 is 5.33. The summed E-state index contributed by atoms with van der Waals surface area (Å²) in [6, 6.07) is 15.3. The quantitative estimate of drug-likeness (QED) is 0.920. The third-order valence-electron chi connectivity index (χ3n) is 3.44. The first-order valence-corrected chi connectivity index (χ1v) is 6.58. The standard InChI is InChI=1S/C17H19NO2/c1-12-8-7-11-15(13(12)2)18-17(19)16(20-3)14-9-5-4-6-10-14/h4-11,16H,1-3H3,(H,18,19)/t16-/m1/s1. The van der Waals surface area contributed by atoms with E-state index < -0.39 is 6.10 Å². The molecule has 20 heavy (non-hydrogen) atoms. The van der Waals surface area contributed by atoms with E-state index >= 15 is 0 Å². The summed E-state index contributed by atoms with van der Waals surface area (Å²) >= 11 is 0. The van der Waals surface area contributed by atoms with Crippen molar-refractivity contribution in [1.82, 2.24) is 0 Å². The molecule has 0 heterocycles. The molecule has 1 amide bonds. The summed E-state index contributed by atoms with van der Waals surface area (Å²) in [4.78, 5) is 12.4. The van der Waals surface area contributed by atoms with Crippen LogP contribution in [0.1, 0.15) is 22.8 Å². The van der Waals surface area contributed by atoms with E-state index in [0.717, 1.165) is 22.4 Å². The van der Waals surface area contributed by atoms with E-state index in [0.29, 0.717) is 0 Å². The molecule has 0 aliphatic rings. The smallest absolute Gasteiger partial charge is 0.258 e. The largest absolute Gasteiger partial charge is 0.367 e. The van der Waals surface area contributed by atoms with Gasteiger partial charge in [0.1, 0.15) is 0 Å². The van der Waals surface area contributed by atoms with Crippen molar-refractivity contribution in [2.24, 2.45) is 0 Å². The normalized spacial score (nSPS) is 11.9. The minimum Gasteiger partial charge on any atom is -0.367 e. The van der Waals surface area contributed by atoms with Gasteiger partial charge >= 0.3 is 0 Å². The van der Waals surface area contributed by atoms with Crippen LogP contribution in [0.3, 0.4) is 0 Å². The Morgan fingerprint density at radius 3 is 2.40 bits per heavy atom. The van der Waals surface area contributed by atoms with E-state index in [9.17, 15) is 4.79 Å². The lowest BCUT2D eigenvalue weighted by molar-refractivity contribution is -0.126. The highest BCUT2D eigenvalue weighted by molar-refractivity contribution is 5.95. The van der Waals surface area contributed by atoms with Crippen molar-refractivity contribution in [3.8, 4) is 0 Å². The zero-order valence-electron chi connectivity index (χ0n) is 12.0. The number of rotatable bonds is 4. The molecular formula is C17H19NO2. The van der Waals surface area contributed by atoms with Gasteiger partial charge in [-0.3, -0.25) is 4.79 Å². The highest BCUT2D eigenvalue weighted by Crippen LogP contribution is 2.22. The average molecular weight is 269 g/mol. The Morgan fingerprint density at radius 1 is 1.05 bits per heavy atom. The van der Waals surface area contributed by atoms with Crippen LogP contribution in [0.25, 0.3) is 0 Å². The molecule has 0 aliphatic heterocycles. The molecule has 2 aromatic rings. The van der Waals surface area contributed by atoms with Crippen molar-refractivity contribution in [2.75, 3.05) is 12.4 Å². The molecule has 0 aliphatic carbocycles. The number of hydrogen-bond acceptors (Lipinski definition) is 2. The van der Waals surface area contributed by atoms with Gasteiger partial charge in [-0.15, -0.1) is 0 Å².